The highest BCUT2D eigenvalue weighted by Gasteiger charge is 2.29. The Morgan fingerprint density at radius 2 is 1.94 bits per heavy atom. The van der Waals surface area contributed by atoms with Gasteiger partial charge >= 0.3 is 0 Å². The highest BCUT2D eigenvalue weighted by molar-refractivity contribution is 6.05. The number of ether oxygens (including phenoxy) is 2. The molecule has 1 atom stereocenters. The van der Waals surface area contributed by atoms with Gasteiger partial charge in [0.2, 0.25) is 0 Å². The molecule has 1 aliphatic rings. The molecule has 0 aromatic heterocycles. The summed E-state index contributed by atoms with van der Waals surface area (Å²) in [5.74, 6) is 1.80. The van der Waals surface area contributed by atoms with Gasteiger partial charge in [-0.2, -0.15) is 0 Å². The van der Waals surface area contributed by atoms with E-state index in [1.54, 1.807) is 14.2 Å². The van der Waals surface area contributed by atoms with E-state index in [4.69, 9.17) is 14.7 Å². The smallest absolute Gasteiger partial charge is 0.161 e. The molecule has 1 aliphatic carbocycles. The summed E-state index contributed by atoms with van der Waals surface area (Å²) in [7, 11) is 3.23. The van der Waals surface area contributed by atoms with Gasteiger partial charge in [-0.05, 0) is 30.0 Å². The highest BCUT2D eigenvalue weighted by atomic mass is 16.5. The van der Waals surface area contributed by atoms with Crippen LogP contribution in [-0.2, 0) is 0 Å². The van der Waals surface area contributed by atoms with Crippen molar-refractivity contribution in [2.24, 2.45) is 5.16 Å². The maximum Gasteiger partial charge on any atom is 0.161 e. The van der Waals surface area contributed by atoms with Crippen molar-refractivity contribution >= 4 is 5.71 Å². The number of hydrogen-bond acceptors (Lipinski definition) is 4. The highest BCUT2D eigenvalue weighted by Crippen LogP contribution is 2.41. The van der Waals surface area contributed by atoms with Crippen LogP contribution in [0.1, 0.15) is 36.8 Å². The van der Waals surface area contributed by atoms with E-state index < -0.39 is 0 Å². The molecule has 0 heterocycles. The third-order valence-corrected chi connectivity index (χ3v) is 3.36. The zero-order valence-corrected chi connectivity index (χ0v) is 10.4. The van der Waals surface area contributed by atoms with E-state index in [1.165, 1.54) is 5.56 Å². The molecule has 0 saturated carbocycles. The number of rotatable bonds is 3. The Morgan fingerprint density at radius 1 is 1.29 bits per heavy atom. The van der Waals surface area contributed by atoms with Crippen molar-refractivity contribution in [3.05, 3.63) is 23.3 Å². The van der Waals surface area contributed by atoms with E-state index in [2.05, 4.69) is 12.1 Å². The van der Waals surface area contributed by atoms with Gasteiger partial charge in [0.15, 0.2) is 11.5 Å². The molecule has 4 heteroatoms. The van der Waals surface area contributed by atoms with Gasteiger partial charge in [0.05, 0.1) is 19.9 Å². The zero-order valence-electron chi connectivity index (χ0n) is 10.4. The predicted molar refractivity (Wildman–Crippen MR) is 65.5 cm³/mol. The van der Waals surface area contributed by atoms with Crippen LogP contribution in [0.15, 0.2) is 17.3 Å². The summed E-state index contributed by atoms with van der Waals surface area (Å²) in [6.07, 6.45) is 1.79. The van der Waals surface area contributed by atoms with Gasteiger partial charge in [0.1, 0.15) is 0 Å². The van der Waals surface area contributed by atoms with Crippen molar-refractivity contribution in [3.63, 3.8) is 0 Å². The van der Waals surface area contributed by atoms with Crippen LogP contribution in [-0.4, -0.2) is 25.1 Å². The summed E-state index contributed by atoms with van der Waals surface area (Å²) in [6, 6.07) is 3.87. The van der Waals surface area contributed by atoms with Crippen LogP contribution in [0, 0.1) is 0 Å². The molecule has 1 N–H and O–H groups in total. The van der Waals surface area contributed by atoms with Gasteiger partial charge in [-0.15, -0.1) is 0 Å². The molecule has 0 saturated heterocycles. The fourth-order valence-electron chi connectivity index (χ4n) is 2.39. The van der Waals surface area contributed by atoms with Gasteiger partial charge in [0.25, 0.3) is 0 Å². The first-order valence-electron chi connectivity index (χ1n) is 5.72. The molecule has 0 radical (unpaired) electrons. The van der Waals surface area contributed by atoms with Crippen molar-refractivity contribution in [2.75, 3.05) is 14.2 Å². The van der Waals surface area contributed by atoms with Crippen LogP contribution in [0.2, 0.25) is 0 Å². The summed E-state index contributed by atoms with van der Waals surface area (Å²) in [6.45, 7) is 2.13. The molecule has 2 rings (SSSR count). The number of benzene rings is 1. The minimum Gasteiger partial charge on any atom is -0.493 e. The van der Waals surface area contributed by atoms with E-state index in [0.29, 0.717) is 11.7 Å². The third-order valence-electron chi connectivity index (χ3n) is 3.36. The average Bonchev–Trinajstić information content (AvgIpc) is 2.73. The topological polar surface area (TPSA) is 51.1 Å². The fourth-order valence-corrected chi connectivity index (χ4v) is 2.39. The predicted octanol–water partition coefficient (Wildman–Crippen LogP) is 2.78. The Bertz CT molecular complexity index is 454. The molecular formula is C13H17NO3. The quantitative estimate of drug-likeness (QED) is 0.647. The first kappa shape index (κ1) is 11.8. The van der Waals surface area contributed by atoms with E-state index in [9.17, 15) is 0 Å². The summed E-state index contributed by atoms with van der Waals surface area (Å²) in [5.41, 5.74) is 2.88. The van der Waals surface area contributed by atoms with Gasteiger partial charge in [0, 0.05) is 12.0 Å². The van der Waals surface area contributed by atoms with E-state index in [1.807, 2.05) is 12.1 Å². The molecule has 0 aliphatic heterocycles. The van der Waals surface area contributed by atoms with Gasteiger partial charge in [-0.1, -0.05) is 12.1 Å². The lowest BCUT2D eigenvalue weighted by molar-refractivity contribution is 0.318. The van der Waals surface area contributed by atoms with Gasteiger partial charge < -0.3 is 14.7 Å². The normalized spacial score (nSPS) is 20.4. The second kappa shape index (κ2) is 4.65. The molecule has 1 aromatic carbocycles. The zero-order chi connectivity index (χ0) is 12.4. The van der Waals surface area contributed by atoms with Crippen LogP contribution in [0.3, 0.4) is 0 Å². The molecule has 0 bridgehead atoms. The Hall–Kier alpha value is -1.71. The van der Waals surface area contributed by atoms with Crippen molar-refractivity contribution in [1.82, 2.24) is 0 Å². The van der Waals surface area contributed by atoms with Crippen LogP contribution in [0.4, 0.5) is 0 Å². The lowest BCUT2D eigenvalue weighted by Gasteiger charge is -2.12. The van der Waals surface area contributed by atoms with Gasteiger partial charge in [-0.3, -0.25) is 0 Å². The Balaban J connectivity index is 2.57. The summed E-state index contributed by atoms with van der Waals surface area (Å²) < 4.78 is 10.6. The van der Waals surface area contributed by atoms with E-state index >= 15 is 0 Å². The number of methoxy groups -OCH3 is 2. The van der Waals surface area contributed by atoms with E-state index in [0.717, 1.165) is 29.9 Å². The van der Waals surface area contributed by atoms with E-state index in [-0.39, 0.29) is 0 Å². The molecule has 0 spiro atoms. The largest absolute Gasteiger partial charge is 0.493 e. The Labute approximate surface area is 101 Å². The molecule has 1 aromatic rings. The van der Waals surface area contributed by atoms with Crippen molar-refractivity contribution in [1.29, 1.82) is 0 Å². The van der Waals surface area contributed by atoms with Crippen molar-refractivity contribution in [2.45, 2.75) is 25.7 Å². The second-order valence-electron chi connectivity index (χ2n) is 4.15. The molecule has 0 amide bonds. The molecule has 1 unspecified atom stereocenters. The van der Waals surface area contributed by atoms with Crippen molar-refractivity contribution < 1.29 is 14.7 Å². The molecule has 4 nitrogen and oxygen atoms in total. The summed E-state index contributed by atoms with van der Waals surface area (Å²) in [4.78, 5) is 0. The average molecular weight is 235 g/mol. The first-order chi connectivity index (χ1) is 8.24. The molecular weight excluding hydrogens is 218 g/mol. The number of nitrogens with zero attached hydrogens (tertiary/aromatic N) is 1. The Morgan fingerprint density at radius 3 is 2.47 bits per heavy atom. The van der Waals surface area contributed by atoms with Gasteiger partial charge in [-0.25, -0.2) is 0 Å². The summed E-state index contributed by atoms with van der Waals surface area (Å²) >= 11 is 0. The number of fused-ring (bicyclic) bond motifs is 1. The number of hydrogen-bond donors (Lipinski definition) is 1. The fraction of sp³-hybridized carbons (Fsp3) is 0.462. The van der Waals surface area contributed by atoms with Crippen LogP contribution >= 0.6 is 0 Å². The lowest BCUT2D eigenvalue weighted by Crippen LogP contribution is -1.97. The van der Waals surface area contributed by atoms with Crippen LogP contribution in [0.25, 0.3) is 0 Å². The first-order valence-corrected chi connectivity index (χ1v) is 5.72. The standard InChI is InChI=1S/C13H17NO3/c1-4-8-5-11(14-15)10-7-13(17-3)12(16-2)6-9(8)10/h6-8,15H,4-5H2,1-3H3. The van der Waals surface area contributed by atoms with Crippen LogP contribution < -0.4 is 9.47 Å². The van der Waals surface area contributed by atoms with Crippen LogP contribution in [0.5, 0.6) is 11.5 Å². The SMILES string of the molecule is CCC1CC(=NO)c2cc(OC)c(OC)cc21. The second-order valence-corrected chi connectivity index (χ2v) is 4.15. The number of oxime groups is 1. The van der Waals surface area contributed by atoms with Crippen molar-refractivity contribution in [3.8, 4) is 11.5 Å². The third kappa shape index (κ3) is 1.84. The maximum atomic E-state index is 9.03. The lowest BCUT2D eigenvalue weighted by atomic mass is 9.98. The molecule has 17 heavy (non-hydrogen) atoms. The summed E-state index contributed by atoms with van der Waals surface area (Å²) in [5, 5.41) is 12.4. The molecule has 0 fully saturated rings. The maximum absolute atomic E-state index is 9.03. The monoisotopic (exact) mass is 235 g/mol. The minimum atomic E-state index is 0.399. The molecule has 92 valence electrons. The minimum absolute atomic E-state index is 0.399. The Kier molecular flexibility index (Phi) is 3.22.